The van der Waals surface area contributed by atoms with Gasteiger partial charge in [-0.15, -0.1) is 0 Å². The van der Waals surface area contributed by atoms with Crippen molar-refractivity contribution in [2.75, 3.05) is 13.1 Å². The molecule has 5 aliphatic carbocycles. The summed E-state index contributed by atoms with van der Waals surface area (Å²) in [7, 11) is 0. The third kappa shape index (κ3) is 2.39. The number of fused-ring (bicyclic) bond motifs is 1. The minimum absolute atomic E-state index is 0.0648. The van der Waals surface area contributed by atoms with Crippen LogP contribution >= 0.6 is 0 Å². The van der Waals surface area contributed by atoms with Crippen LogP contribution in [0.2, 0.25) is 0 Å². The zero-order valence-electron chi connectivity index (χ0n) is 21.1. The largest absolute Gasteiger partial charge is 0.462 e. The number of hydrogen-bond donors (Lipinski definition) is 0. The summed E-state index contributed by atoms with van der Waals surface area (Å²) in [5.74, 6) is 0.512. The zero-order valence-corrected chi connectivity index (χ0v) is 21.1. The Morgan fingerprint density at radius 3 is 2.50 bits per heavy atom. The average molecular weight is 470 g/mol. The molecule has 7 bridgehead atoms. The zero-order chi connectivity index (χ0) is 24.2. The SMILES string of the molecule is C=C1[C@H]2C[C@@]3([C@@H]1OC(=O)CC)[C@@H](CC2=O)[C@@]12[C@@H](OC(=O)CC)CC[C@@]4(C)CN(CC)[C@@H]1[C@@H]3C[C@H]42. The number of rotatable bonds is 5. The Hall–Kier alpha value is -1.69. The van der Waals surface area contributed by atoms with E-state index >= 15 is 0 Å². The van der Waals surface area contributed by atoms with Crippen molar-refractivity contribution in [1.82, 2.24) is 4.90 Å². The normalized spacial score (nSPS) is 50.3. The second-order valence-electron chi connectivity index (χ2n) is 12.3. The maximum atomic E-state index is 13.5. The van der Waals surface area contributed by atoms with E-state index in [0.717, 1.165) is 44.3 Å². The molecule has 6 rings (SSSR count). The molecule has 1 aliphatic heterocycles. The van der Waals surface area contributed by atoms with Crippen molar-refractivity contribution in [3.63, 3.8) is 0 Å². The quantitative estimate of drug-likeness (QED) is 0.449. The Bertz CT molecular complexity index is 976. The Kier molecular flexibility index (Phi) is 4.80. The number of hydrogen-bond acceptors (Lipinski definition) is 6. The van der Waals surface area contributed by atoms with E-state index in [4.69, 9.17) is 9.47 Å². The van der Waals surface area contributed by atoms with Crippen molar-refractivity contribution < 1.29 is 23.9 Å². The first-order chi connectivity index (χ1) is 16.2. The van der Waals surface area contributed by atoms with Crippen molar-refractivity contribution in [1.29, 1.82) is 0 Å². The smallest absolute Gasteiger partial charge is 0.306 e. The molecule has 10 atom stereocenters. The van der Waals surface area contributed by atoms with Gasteiger partial charge in [0.25, 0.3) is 0 Å². The van der Waals surface area contributed by atoms with Crippen LogP contribution < -0.4 is 0 Å². The molecule has 0 aromatic rings. The molecule has 5 saturated carbocycles. The van der Waals surface area contributed by atoms with Crippen molar-refractivity contribution in [3.8, 4) is 0 Å². The summed E-state index contributed by atoms with van der Waals surface area (Å²) in [5.41, 5.74) is 0.452. The molecular weight excluding hydrogens is 430 g/mol. The van der Waals surface area contributed by atoms with Gasteiger partial charge >= 0.3 is 11.9 Å². The molecule has 0 unspecified atom stereocenters. The van der Waals surface area contributed by atoms with Gasteiger partial charge in [-0.2, -0.15) is 0 Å². The second kappa shape index (κ2) is 7.18. The molecule has 0 aromatic carbocycles. The van der Waals surface area contributed by atoms with Gasteiger partial charge in [-0.1, -0.05) is 34.3 Å². The molecule has 6 aliphatic rings. The number of nitrogens with zero attached hydrogens (tertiary/aromatic N) is 1. The topological polar surface area (TPSA) is 72.9 Å². The molecule has 34 heavy (non-hydrogen) atoms. The van der Waals surface area contributed by atoms with Gasteiger partial charge in [-0.3, -0.25) is 19.3 Å². The van der Waals surface area contributed by atoms with Gasteiger partial charge in [0.05, 0.1) is 0 Å². The maximum Gasteiger partial charge on any atom is 0.306 e. The second-order valence-corrected chi connectivity index (χ2v) is 12.3. The minimum Gasteiger partial charge on any atom is -0.462 e. The van der Waals surface area contributed by atoms with E-state index in [9.17, 15) is 14.4 Å². The summed E-state index contributed by atoms with van der Waals surface area (Å²) in [5, 5.41) is 0. The third-order valence-electron chi connectivity index (χ3n) is 11.4. The lowest BCUT2D eigenvalue weighted by molar-refractivity contribution is -0.225. The summed E-state index contributed by atoms with van der Waals surface area (Å²) in [6, 6.07) is 0.260. The standard InChI is InChI=1S/C28H39NO5/c1-6-22(31)33-21-9-10-26(5)14-29(8-3)24-17-11-19(26)28(21,24)20-12-18(30)16-13-27(17,20)25(15(16)4)34-23(32)7-2/h16-17,19-21,24-25H,4,6-14H2,1-3,5H3/t16-,17+,19-,20-,21+,24-,25-,26+,27+,28+/m1/s1. The number of esters is 2. The summed E-state index contributed by atoms with van der Waals surface area (Å²) in [6.07, 6.45) is 4.34. The van der Waals surface area contributed by atoms with Crippen LogP contribution in [0.3, 0.4) is 0 Å². The van der Waals surface area contributed by atoms with Crippen LogP contribution in [0.1, 0.15) is 72.6 Å². The number of carbonyl (C=O) groups is 3. The maximum absolute atomic E-state index is 13.5. The molecule has 0 N–H and O–H groups in total. The van der Waals surface area contributed by atoms with Crippen molar-refractivity contribution in [2.24, 2.45) is 39.9 Å². The van der Waals surface area contributed by atoms with E-state index in [2.05, 4.69) is 25.3 Å². The van der Waals surface area contributed by atoms with Gasteiger partial charge in [-0.05, 0) is 61.0 Å². The van der Waals surface area contributed by atoms with Gasteiger partial charge in [0.1, 0.15) is 18.0 Å². The van der Waals surface area contributed by atoms with E-state index < -0.39 is 6.10 Å². The Balaban J connectivity index is 1.56. The average Bonchev–Trinajstić information content (AvgIpc) is 3.34. The molecule has 0 aromatic heterocycles. The highest BCUT2D eigenvalue weighted by Crippen LogP contribution is 2.83. The molecule has 0 amide bonds. The number of carbonyl (C=O) groups excluding carboxylic acids is 3. The number of ketones is 1. The Morgan fingerprint density at radius 1 is 1.12 bits per heavy atom. The van der Waals surface area contributed by atoms with Crippen LogP contribution in [-0.2, 0) is 23.9 Å². The fraction of sp³-hybridized carbons (Fsp3) is 0.821. The van der Waals surface area contributed by atoms with Crippen LogP contribution in [-0.4, -0.2) is 54.0 Å². The lowest BCUT2D eigenvalue weighted by atomic mass is 9.43. The highest BCUT2D eigenvalue weighted by Gasteiger charge is 2.86. The van der Waals surface area contributed by atoms with E-state index in [1.165, 1.54) is 0 Å². The van der Waals surface area contributed by atoms with Crippen LogP contribution in [0, 0.1) is 39.9 Å². The molecule has 1 saturated heterocycles. The summed E-state index contributed by atoms with van der Waals surface area (Å²) < 4.78 is 12.5. The van der Waals surface area contributed by atoms with Crippen LogP contribution in [0.5, 0.6) is 0 Å². The molecule has 186 valence electrons. The lowest BCUT2D eigenvalue weighted by Gasteiger charge is -2.65. The Morgan fingerprint density at radius 2 is 1.82 bits per heavy atom. The predicted octanol–water partition coefficient (Wildman–Crippen LogP) is 3.92. The van der Waals surface area contributed by atoms with E-state index in [1.54, 1.807) is 0 Å². The fourth-order valence-corrected chi connectivity index (χ4v) is 10.5. The summed E-state index contributed by atoms with van der Waals surface area (Å²) >= 11 is 0. The predicted molar refractivity (Wildman–Crippen MR) is 126 cm³/mol. The Labute approximate surface area is 202 Å². The van der Waals surface area contributed by atoms with E-state index in [1.807, 2.05) is 13.8 Å². The van der Waals surface area contributed by atoms with Gasteiger partial charge in [0, 0.05) is 48.6 Å². The van der Waals surface area contributed by atoms with Crippen molar-refractivity contribution >= 4 is 17.7 Å². The van der Waals surface area contributed by atoms with Crippen LogP contribution in [0.4, 0.5) is 0 Å². The van der Waals surface area contributed by atoms with Gasteiger partial charge in [0.15, 0.2) is 0 Å². The number of Topliss-reactive ketones (excluding diaryl/α,β-unsaturated/α-hetero) is 1. The lowest BCUT2D eigenvalue weighted by Crippen LogP contribution is -2.69. The molecule has 1 heterocycles. The molecule has 2 spiro atoms. The molecule has 6 nitrogen and oxygen atoms in total. The number of piperidine rings is 1. The molecular formula is C28H39NO5. The van der Waals surface area contributed by atoms with Crippen molar-refractivity contribution in [3.05, 3.63) is 12.2 Å². The number of ether oxygens (including phenoxy) is 2. The molecule has 6 fully saturated rings. The van der Waals surface area contributed by atoms with Gasteiger partial charge in [0.2, 0.25) is 0 Å². The monoisotopic (exact) mass is 469 g/mol. The van der Waals surface area contributed by atoms with Gasteiger partial charge < -0.3 is 9.47 Å². The first kappa shape index (κ1) is 22.8. The first-order valence-electron chi connectivity index (χ1n) is 13.5. The fourth-order valence-electron chi connectivity index (χ4n) is 10.5. The van der Waals surface area contributed by atoms with Crippen molar-refractivity contribution in [2.45, 2.75) is 90.9 Å². The van der Waals surface area contributed by atoms with Crippen LogP contribution in [0.15, 0.2) is 12.2 Å². The number of likely N-dealkylation sites (tertiary alicyclic amines) is 1. The summed E-state index contributed by atoms with van der Waals surface area (Å²) in [6.45, 7) is 14.7. The summed E-state index contributed by atoms with van der Waals surface area (Å²) in [4.78, 5) is 41.5. The first-order valence-corrected chi connectivity index (χ1v) is 13.5. The molecule has 6 heteroatoms. The highest BCUT2D eigenvalue weighted by atomic mass is 16.6. The molecule has 0 radical (unpaired) electrons. The van der Waals surface area contributed by atoms with E-state index in [-0.39, 0.29) is 57.9 Å². The highest BCUT2D eigenvalue weighted by molar-refractivity contribution is 5.87. The van der Waals surface area contributed by atoms with E-state index in [0.29, 0.717) is 31.1 Å². The third-order valence-corrected chi connectivity index (χ3v) is 11.4. The van der Waals surface area contributed by atoms with Gasteiger partial charge in [-0.25, -0.2) is 0 Å². The van der Waals surface area contributed by atoms with Crippen LogP contribution in [0.25, 0.3) is 0 Å². The minimum atomic E-state index is -0.401.